The molecule has 1 rings (SSSR count). The maximum atomic E-state index is 13.0. The third-order valence-corrected chi connectivity index (χ3v) is 2.66. The Labute approximate surface area is 79.2 Å². The van der Waals surface area contributed by atoms with E-state index in [0.29, 0.717) is 6.07 Å². The molecule has 0 spiro atoms. The van der Waals surface area contributed by atoms with Crippen LogP contribution in [0.1, 0.15) is 12.5 Å². The average molecular weight is 224 g/mol. The summed E-state index contributed by atoms with van der Waals surface area (Å²) in [4.78, 5) is 8.59. The molecule has 0 saturated carbocycles. The summed E-state index contributed by atoms with van der Waals surface area (Å²) in [6.45, 7) is 1.46. The predicted octanol–water partition coefficient (Wildman–Crippen LogP) is 1.76. The van der Waals surface area contributed by atoms with E-state index >= 15 is 0 Å². The van der Waals surface area contributed by atoms with E-state index in [0.717, 1.165) is 0 Å². The Hall–Kier alpha value is -0.800. The Balaban J connectivity index is 3.47. The van der Waals surface area contributed by atoms with Gasteiger partial charge in [-0.2, -0.15) is 0 Å². The van der Waals surface area contributed by atoms with Gasteiger partial charge in [0.15, 0.2) is 11.6 Å². The highest BCUT2D eigenvalue weighted by Gasteiger charge is 2.19. The van der Waals surface area contributed by atoms with Gasteiger partial charge in [0.2, 0.25) is 8.03 Å². The van der Waals surface area contributed by atoms with E-state index in [1.54, 1.807) is 0 Å². The van der Waals surface area contributed by atoms with Gasteiger partial charge in [-0.15, -0.1) is 0 Å². The van der Waals surface area contributed by atoms with E-state index in [-0.39, 0.29) is 6.42 Å². The SMILES string of the molecule is CCc1c(F)cc([PH](=O)O)c(F)c1F. The van der Waals surface area contributed by atoms with Gasteiger partial charge in [-0.3, -0.25) is 4.57 Å². The Kier molecular flexibility index (Phi) is 3.34. The fraction of sp³-hybridized carbons (Fsp3) is 0.250. The first kappa shape index (κ1) is 11.3. The quantitative estimate of drug-likeness (QED) is 0.613. The summed E-state index contributed by atoms with van der Waals surface area (Å²) in [5, 5.41) is -0.804. The molecule has 0 aromatic heterocycles. The van der Waals surface area contributed by atoms with Crippen molar-refractivity contribution in [3.05, 3.63) is 29.1 Å². The maximum absolute atomic E-state index is 13.0. The molecule has 0 amide bonds. The Morgan fingerprint density at radius 3 is 2.36 bits per heavy atom. The number of halogens is 3. The highest BCUT2D eigenvalue weighted by atomic mass is 31.1. The molecule has 2 nitrogen and oxygen atoms in total. The van der Waals surface area contributed by atoms with Gasteiger partial charge in [-0.1, -0.05) is 6.92 Å². The molecular formula is C8H8F3O2P. The topological polar surface area (TPSA) is 37.3 Å². The van der Waals surface area contributed by atoms with Crippen molar-refractivity contribution in [3.8, 4) is 0 Å². The minimum atomic E-state index is -3.42. The maximum Gasteiger partial charge on any atom is 0.221 e. The fourth-order valence-electron chi connectivity index (χ4n) is 1.11. The molecule has 0 saturated heterocycles. The van der Waals surface area contributed by atoms with Crippen molar-refractivity contribution >= 4 is 13.3 Å². The minimum Gasteiger partial charge on any atom is -0.343 e. The molecule has 1 N–H and O–H groups in total. The van der Waals surface area contributed by atoms with Crippen LogP contribution in [-0.4, -0.2) is 4.89 Å². The third kappa shape index (κ3) is 1.83. The second kappa shape index (κ2) is 4.15. The summed E-state index contributed by atoms with van der Waals surface area (Å²) >= 11 is 0. The van der Waals surface area contributed by atoms with Gasteiger partial charge in [0, 0.05) is 5.56 Å². The second-order valence-corrected chi connectivity index (χ2v) is 3.82. The van der Waals surface area contributed by atoms with Crippen LogP contribution in [0.25, 0.3) is 0 Å². The van der Waals surface area contributed by atoms with Gasteiger partial charge < -0.3 is 4.89 Å². The van der Waals surface area contributed by atoms with Gasteiger partial charge in [0.25, 0.3) is 0 Å². The zero-order chi connectivity index (χ0) is 10.9. The van der Waals surface area contributed by atoms with Crippen molar-refractivity contribution < 1.29 is 22.6 Å². The highest BCUT2D eigenvalue weighted by molar-refractivity contribution is 7.47. The van der Waals surface area contributed by atoms with E-state index < -0.39 is 36.3 Å². The summed E-state index contributed by atoms with van der Waals surface area (Å²) in [6.07, 6.45) is -0.0127. The molecule has 6 heteroatoms. The van der Waals surface area contributed by atoms with Crippen LogP contribution in [-0.2, 0) is 11.0 Å². The van der Waals surface area contributed by atoms with Gasteiger partial charge >= 0.3 is 0 Å². The van der Waals surface area contributed by atoms with Crippen molar-refractivity contribution in [1.82, 2.24) is 0 Å². The first-order chi connectivity index (χ1) is 6.49. The standard InChI is InChI=1S/C8H8F3O2P/c1-2-4-5(9)3-6(14(12)13)8(11)7(4)10/h3,14H,2H2,1H3,(H,12,13). The van der Waals surface area contributed by atoms with Crippen LogP contribution >= 0.6 is 8.03 Å². The summed E-state index contributed by atoms with van der Waals surface area (Å²) in [6, 6.07) is 0.568. The van der Waals surface area contributed by atoms with E-state index in [4.69, 9.17) is 4.89 Å². The average Bonchev–Trinajstić information content (AvgIpc) is 2.12. The van der Waals surface area contributed by atoms with Crippen molar-refractivity contribution in [1.29, 1.82) is 0 Å². The van der Waals surface area contributed by atoms with E-state index in [2.05, 4.69) is 0 Å². The van der Waals surface area contributed by atoms with Gasteiger partial charge in [-0.25, -0.2) is 13.2 Å². The van der Waals surface area contributed by atoms with Crippen LogP contribution in [0.4, 0.5) is 13.2 Å². The molecule has 0 heterocycles. The zero-order valence-corrected chi connectivity index (χ0v) is 8.27. The Morgan fingerprint density at radius 2 is 1.93 bits per heavy atom. The van der Waals surface area contributed by atoms with Crippen molar-refractivity contribution in [3.63, 3.8) is 0 Å². The first-order valence-corrected chi connectivity index (χ1v) is 5.24. The van der Waals surface area contributed by atoms with Gasteiger partial charge in [0.05, 0.1) is 5.30 Å². The monoisotopic (exact) mass is 224 g/mol. The van der Waals surface area contributed by atoms with Crippen LogP contribution < -0.4 is 5.30 Å². The summed E-state index contributed by atoms with van der Waals surface area (Å²) in [7, 11) is -3.42. The molecular weight excluding hydrogens is 216 g/mol. The zero-order valence-electron chi connectivity index (χ0n) is 7.27. The lowest BCUT2D eigenvalue weighted by Gasteiger charge is -2.06. The number of benzene rings is 1. The lowest BCUT2D eigenvalue weighted by Crippen LogP contribution is -2.11. The molecule has 1 aromatic carbocycles. The summed E-state index contributed by atoms with van der Waals surface area (Å²) in [5.74, 6) is -3.81. The van der Waals surface area contributed by atoms with Crippen LogP contribution in [0.3, 0.4) is 0 Å². The molecule has 0 aliphatic carbocycles. The molecule has 78 valence electrons. The molecule has 0 aliphatic heterocycles. The van der Waals surface area contributed by atoms with E-state index in [1.165, 1.54) is 6.92 Å². The van der Waals surface area contributed by atoms with Gasteiger partial charge in [-0.05, 0) is 12.5 Å². The van der Waals surface area contributed by atoms with Crippen molar-refractivity contribution in [2.45, 2.75) is 13.3 Å². The number of hydrogen-bond acceptors (Lipinski definition) is 1. The largest absolute Gasteiger partial charge is 0.343 e. The smallest absolute Gasteiger partial charge is 0.221 e. The second-order valence-electron chi connectivity index (χ2n) is 2.67. The Bertz CT molecular complexity index is 393. The van der Waals surface area contributed by atoms with E-state index in [1.807, 2.05) is 0 Å². The highest BCUT2D eigenvalue weighted by Crippen LogP contribution is 2.22. The lowest BCUT2D eigenvalue weighted by atomic mass is 10.1. The molecule has 1 aromatic rings. The molecule has 1 unspecified atom stereocenters. The fourth-order valence-corrected chi connectivity index (χ4v) is 1.66. The molecule has 14 heavy (non-hydrogen) atoms. The van der Waals surface area contributed by atoms with Crippen molar-refractivity contribution in [2.24, 2.45) is 0 Å². The lowest BCUT2D eigenvalue weighted by molar-refractivity contribution is 0.478. The van der Waals surface area contributed by atoms with Crippen LogP contribution in [0, 0.1) is 17.5 Å². The minimum absolute atomic E-state index is 0.0127. The number of hydrogen-bond donors (Lipinski definition) is 1. The third-order valence-electron chi connectivity index (χ3n) is 1.84. The molecule has 0 aliphatic rings. The van der Waals surface area contributed by atoms with Crippen LogP contribution in [0.5, 0.6) is 0 Å². The van der Waals surface area contributed by atoms with Gasteiger partial charge in [0.1, 0.15) is 5.82 Å². The Morgan fingerprint density at radius 1 is 1.36 bits per heavy atom. The first-order valence-electron chi connectivity index (χ1n) is 3.88. The molecule has 0 fully saturated rings. The van der Waals surface area contributed by atoms with Crippen LogP contribution in [0.15, 0.2) is 6.07 Å². The molecule has 0 radical (unpaired) electrons. The molecule has 1 atom stereocenters. The van der Waals surface area contributed by atoms with E-state index in [9.17, 15) is 17.7 Å². The summed E-state index contributed by atoms with van der Waals surface area (Å²) in [5.41, 5.74) is -0.408. The molecule has 0 bridgehead atoms. The summed E-state index contributed by atoms with van der Waals surface area (Å²) < 4.78 is 49.6. The normalized spacial score (nSPS) is 12.9. The number of rotatable bonds is 2. The van der Waals surface area contributed by atoms with Crippen molar-refractivity contribution in [2.75, 3.05) is 0 Å². The predicted molar refractivity (Wildman–Crippen MR) is 46.5 cm³/mol. The van der Waals surface area contributed by atoms with Crippen LogP contribution in [0.2, 0.25) is 0 Å².